The second kappa shape index (κ2) is 4.93. The first-order chi connectivity index (χ1) is 7.43. The molecule has 0 spiro atoms. The van der Waals surface area contributed by atoms with Gasteiger partial charge < -0.3 is 4.57 Å². The molecule has 0 atom stereocenters. The molecule has 0 amide bonds. The van der Waals surface area contributed by atoms with Crippen molar-refractivity contribution in [2.24, 2.45) is 0 Å². The van der Waals surface area contributed by atoms with E-state index in [1.54, 1.807) is 11.3 Å². The first-order valence-electron chi connectivity index (χ1n) is 4.92. The van der Waals surface area contributed by atoms with Gasteiger partial charge in [-0.1, -0.05) is 41.9 Å². The fourth-order valence-electron chi connectivity index (χ4n) is 1.77. The van der Waals surface area contributed by atoms with Gasteiger partial charge in [-0.05, 0) is 11.8 Å². The van der Waals surface area contributed by atoms with Gasteiger partial charge in [0.25, 0.3) is 0 Å². The van der Waals surface area contributed by atoms with Gasteiger partial charge in [-0.3, -0.25) is 11.3 Å². The molecule has 0 fully saturated rings. The summed E-state index contributed by atoms with van der Waals surface area (Å²) in [6.07, 6.45) is 2.14. The fourth-order valence-corrected chi connectivity index (χ4v) is 2.48. The summed E-state index contributed by atoms with van der Waals surface area (Å²) in [5, 5.41) is 3.16. The predicted octanol–water partition coefficient (Wildman–Crippen LogP) is 0.555. The Bertz CT molecular complexity index is 568. The average Bonchev–Trinajstić information content (AvgIpc) is 2.85. The normalized spacial score (nSPS) is 10.2. The van der Waals surface area contributed by atoms with Crippen LogP contribution in [0, 0.1) is 5.38 Å². The van der Waals surface area contributed by atoms with Crippen molar-refractivity contribution in [1.29, 1.82) is 0 Å². The number of fused-ring (bicyclic) bond motifs is 1. The maximum Gasteiger partial charge on any atom is 1.00 e. The molecule has 0 aliphatic carbocycles. The predicted molar refractivity (Wildman–Crippen MR) is 64.2 cm³/mol. The molecular weight excluding hydrogens is 209 g/mol. The molecule has 0 N–H and O–H groups in total. The summed E-state index contributed by atoms with van der Waals surface area (Å²) in [7, 11) is 0. The van der Waals surface area contributed by atoms with Crippen LogP contribution >= 0.6 is 11.3 Å². The summed E-state index contributed by atoms with van der Waals surface area (Å²) in [6, 6.07) is 14.7. The molecule has 0 radical (unpaired) electrons. The first-order valence-corrected chi connectivity index (χ1v) is 5.74. The quantitative estimate of drug-likeness (QED) is 0.438. The average molecular weight is 219 g/mol. The van der Waals surface area contributed by atoms with Crippen LogP contribution in [0.4, 0.5) is 0 Å². The van der Waals surface area contributed by atoms with E-state index >= 15 is 0 Å². The molecule has 74 valence electrons. The van der Waals surface area contributed by atoms with Crippen LogP contribution in [0.5, 0.6) is 0 Å². The van der Waals surface area contributed by atoms with E-state index in [1.165, 1.54) is 15.8 Å². The minimum absolute atomic E-state index is 0. The van der Waals surface area contributed by atoms with Gasteiger partial charge >= 0.3 is 18.9 Å². The number of thiophene rings is 1. The zero-order valence-corrected chi connectivity index (χ0v) is 10.00. The number of aromatic nitrogens is 1. The third kappa shape index (κ3) is 2.10. The molecule has 16 heavy (non-hydrogen) atoms. The van der Waals surface area contributed by atoms with Crippen LogP contribution in [-0.2, 0) is 6.54 Å². The summed E-state index contributed by atoms with van der Waals surface area (Å²) >= 11 is 1.67. The molecular formula is C13H10LiNS. The van der Waals surface area contributed by atoms with Crippen molar-refractivity contribution in [2.75, 3.05) is 0 Å². The summed E-state index contributed by atoms with van der Waals surface area (Å²) in [5.74, 6) is 0. The number of hydrogen-bond donors (Lipinski definition) is 0. The van der Waals surface area contributed by atoms with Gasteiger partial charge in [-0.25, -0.2) is 0 Å². The molecule has 3 heteroatoms. The monoisotopic (exact) mass is 219 g/mol. The van der Waals surface area contributed by atoms with Gasteiger partial charge in [-0.2, -0.15) is 6.07 Å². The third-order valence-corrected chi connectivity index (χ3v) is 3.33. The van der Waals surface area contributed by atoms with Crippen LogP contribution in [-0.4, -0.2) is 4.57 Å². The summed E-state index contributed by atoms with van der Waals surface area (Å²) in [4.78, 5) is 0. The molecule has 1 aromatic carbocycles. The topological polar surface area (TPSA) is 4.93 Å². The minimum Gasteiger partial charge on any atom is -0.407 e. The van der Waals surface area contributed by atoms with Crippen LogP contribution in [0.3, 0.4) is 0 Å². The maximum atomic E-state index is 3.16. The van der Waals surface area contributed by atoms with Gasteiger partial charge in [0.15, 0.2) is 0 Å². The van der Waals surface area contributed by atoms with Crippen LogP contribution in [0.15, 0.2) is 48.7 Å². The van der Waals surface area contributed by atoms with Crippen LogP contribution in [0.2, 0.25) is 0 Å². The van der Waals surface area contributed by atoms with Crippen molar-refractivity contribution in [3.8, 4) is 0 Å². The Morgan fingerprint density at radius 2 is 1.94 bits per heavy atom. The van der Waals surface area contributed by atoms with Gasteiger partial charge in [0.2, 0.25) is 0 Å². The molecule has 1 nitrogen and oxygen atoms in total. The SMILES string of the molecule is [Li+].[c-]1cc2c(ccn2Cc2ccccc2)s1. The number of hydrogen-bond acceptors (Lipinski definition) is 1. The Balaban J connectivity index is 0.000000963. The van der Waals surface area contributed by atoms with E-state index in [0.29, 0.717) is 0 Å². The van der Waals surface area contributed by atoms with Crippen LogP contribution in [0.25, 0.3) is 10.2 Å². The number of nitrogens with zero attached hydrogens (tertiary/aromatic N) is 1. The zero-order valence-electron chi connectivity index (χ0n) is 9.18. The van der Waals surface area contributed by atoms with E-state index in [1.807, 2.05) is 6.07 Å². The third-order valence-electron chi connectivity index (χ3n) is 2.53. The van der Waals surface area contributed by atoms with Crippen LogP contribution in [0.1, 0.15) is 5.56 Å². The Hall–Kier alpha value is -0.943. The molecule has 0 unspecified atom stereocenters. The van der Waals surface area contributed by atoms with E-state index in [9.17, 15) is 0 Å². The summed E-state index contributed by atoms with van der Waals surface area (Å²) in [6.45, 7) is 0.939. The Morgan fingerprint density at radius 3 is 2.75 bits per heavy atom. The number of rotatable bonds is 2. The van der Waals surface area contributed by atoms with Gasteiger partial charge in [0, 0.05) is 6.54 Å². The molecule has 3 rings (SSSR count). The van der Waals surface area contributed by atoms with Crippen molar-refractivity contribution in [3.05, 3.63) is 59.6 Å². The number of benzene rings is 1. The Morgan fingerprint density at radius 1 is 1.12 bits per heavy atom. The molecule has 0 bridgehead atoms. The second-order valence-corrected chi connectivity index (χ2v) is 4.42. The fraction of sp³-hybridized carbons (Fsp3) is 0.0769. The van der Waals surface area contributed by atoms with E-state index in [4.69, 9.17) is 0 Å². The van der Waals surface area contributed by atoms with E-state index in [0.717, 1.165) is 6.54 Å². The van der Waals surface area contributed by atoms with Crippen molar-refractivity contribution >= 4 is 21.6 Å². The molecule has 0 saturated heterocycles. The standard InChI is InChI=1S/C13H10NS.Li/c1-2-4-11(5-3-1)10-14-8-6-13-12(14)7-9-15-13;/h1-8H,10H2;/q-1;+1. The Labute approximate surface area is 111 Å². The minimum atomic E-state index is 0. The van der Waals surface area contributed by atoms with Gasteiger partial charge in [0.1, 0.15) is 0 Å². The molecule has 0 aliphatic rings. The molecule has 0 saturated carbocycles. The van der Waals surface area contributed by atoms with Crippen molar-refractivity contribution in [3.63, 3.8) is 0 Å². The molecule has 0 aliphatic heterocycles. The van der Waals surface area contributed by atoms with E-state index in [2.05, 4.69) is 52.5 Å². The molecule has 2 aromatic heterocycles. The van der Waals surface area contributed by atoms with E-state index in [-0.39, 0.29) is 18.9 Å². The largest absolute Gasteiger partial charge is 1.00 e. The van der Waals surface area contributed by atoms with Crippen molar-refractivity contribution < 1.29 is 18.9 Å². The smallest absolute Gasteiger partial charge is 0.407 e. The van der Waals surface area contributed by atoms with Crippen molar-refractivity contribution in [1.82, 2.24) is 4.57 Å². The maximum absolute atomic E-state index is 3.16. The molecule has 2 heterocycles. The zero-order chi connectivity index (χ0) is 10.1. The van der Waals surface area contributed by atoms with Crippen molar-refractivity contribution in [2.45, 2.75) is 6.54 Å². The molecule has 3 aromatic rings. The first kappa shape index (κ1) is 11.5. The van der Waals surface area contributed by atoms with Gasteiger partial charge in [0.05, 0.1) is 0 Å². The van der Waals surface area contributed by atoms with E-state index < -0.39 is 0 Å². The van der Waals surface area contributed by atoms with Gasteiger partial charge in [-0.15, -0.1) is 10.1 Å². The Kier molecular flexibility index (Phi) is 3.55. The summed E-state index contributed by atoms with van der Waals surface area (Å²) < 4.78 is 3.57. The van der Waals surface area contributed by atoms with Crippen LogP contribution < -0.4 is 18.9 Å². The second-order valence-electron chi connectivity index (χ2n) is 3.54. The summed E-state index contributed by atoms with van der Waals surface area (Å²) in [5.41, 5.74) is 2.62.